The van der Waals surface area contributed by atoms with Gasteiger partial charge in [0, 0.05) is 23.9 Å². The predicted octanol–water partition coefficient (Wildman–Crippen LogP) is 4.30. The first kappa shape index (κ1) is 17.1. The fourth-order valence-corrected chi connectivity index (χ4v) is 4.67. The summed E-state index contributed by atoms with van der Waals surface area (Å²) in [7, 11) is 0. The number of nitrogens with zero attached hydrogens (tertiary/aromatic N) is 2. The second-order valence-electron chi connectivity index (χ2n) is 6.97. The van der Waals surface area contributed by atoms with Crippen molar-refractivity contribution in [3.05, 3.63) is 29.1 Å². The molecule has 1 amide bonds. The van der Waals surface area contributed by atoms with E-state index in [1.165, 1.54) is 17.8 Å². The molecule has 4 rings (SSSR count). The highest BCUT2D eigenvalue weighted by atomic mass is 32.1. The van der Waals surface area contributed by atoms with Gasteiger partial charge in [0.1, 0.15) is 15.5 Å². The molecule has 1 fully saturated rings. The lowest BCUT2D eigenvalue weighted by molar-refractivity contribution is 0.0689. The molecule has 1 aromatic carbocycles. The number of amides is 1. The van der Waals surface area contributed by atoms with Crippen molar-refractivity contribution in [1.29, 1.82) is 0 Å². The van der Waals surface area contributed by atoms with Crippen molar-refractivity contribution in [2.24, 2.45) is 5.92 Å². The van der Waals surface area contributed by atoms with E-state index in [1.807, 2.05) is 36.1 Å². The van der Waals surface area contributed by atoms with Crippen LogP contribution in [0.15, 0.2) is 24.3 Å². The summed E-state index contributed by atoms with van der Waals surface area (Å²) in [4.78, 5) is 21.1. The Morgan fingerprint density at radius 1 is 1.42 bits per heavy atom. The van der Waals surface area contributed by atoms with Crippen LogP contribution < -0.4 is 10.5 Å². The van der Waals surface area contributed by atoms with Crippen molar-refractivity contribution < 1.29 is 9.53 Å². The van der Waals surface area contributed by atoms with Gasteiger partial charge in [-0.15, -0.1) is 11.3 Å². The molecule has 0 aliphatic carbocycles. The Labute approximate surface area is 156 Å². The van der Waals surface area contributed by atoms with E-state index in [2.05, 4.69) is 6.92 Å². The normalized spacial score (nSPS) is 17.8. The van der Waals surface area contributed by atoms with E-state index in [0.29, 0.717) is 23.1 Å². The number of hydrogen-bond acceptors (Lipinski definition) is 5. The first-order valence-corrected chi connectivity index (χ1v) is 9.93. The third-order valence-corrected chi connectivity index (χ3v) is 6.04. The summed E-state index contributed by atoms with van der Waals surface area (Å²) >= 11 is 1.40. The number of fused-ring (bicyclic) bond motifs is 2. The molecule has 0 spiro atoms. The van der Waals surface area contributed by atoms with Gasteiger partial charge in [-0.05, 0) is 49.9 Å². The van der Waals surface area contributed by atoms with E-state index in [4.69, 9.17) is 15.5 Å². The van der Waals surface area contributed by atoms with Crippen LogP contribution in [0.25, 0.3) is 21.1 Å². The van der Waals surface area contributed by atoms with Crippen LogP contribution in [0.5, 0.6) is 5.75 Å². The van der Waals surface area contributed by atoms with Gasteiger partial charge < -0.3 is 15.4 Å². The maximum Gasteiger partial charge on any atom is 0.266 e. The number of anilines is 1. The molecule has 0 unspecified atom stereocenters. The Morgan fingerprint density at radius 2 is 2.27 bits per heavy atom. The maximum atomic E-state index is 13.0. The van der Waals surface area contributed by atoms with Crippen molar-refractivity contribution in [2.45, 2.75) is 26.7 Å². The summed E-state index contributed by atoms with van der Waals surface area (Å²) in [6.45, 7) is 6.39. The lowest BCUT2D eigenvalue weighted by atomic mass is 10.00. The predicted molar refractivity (Wildman–Crippen MR) is 107 cm³/mol. The lowest BCUT2D eigenvalue weighted by Crippen LogP contribution is -2.38. The number of thiophene rings is 1. The number of carbonyl (C=O) groups is 1. The first-order chi connectivity index (χ1) is 12.6. The summed E-state index contributed by atoms with van der Waals surface area (Å²) in [6.07, 6.45) is 2.24. The van der Waals surface area contributed by atoms with Crippen LogP contribution in [0.1, 0.15) is 36.4 Å². The quantitative estimate of drug-likeness (QED) is 0.747. The summed E-state index contributed by atoms with van der Waals surface area (Å²) in [5, 5.41) is 1.82. The van der Waals surface area contributed by atoms with Gasteiger partial charge >= 0.3 is 0 Å². The van der Waals surface area contributed by atoms with Gasteiger partial charge in [-0.1, -0.05) is 6.92 Å². The second-order valence-corrected chi connectivity index (χ2v) is 7.97. The molecule has 2 N–H and O–H groups in total. The molecule has 0 saturated carbocycles. The number of nitrogen functional groups attached to an aromatic ring is 1. The molecule has 136 valence electrons. The van der Waals surface area contributed by atoms with Crippen LogP contribution in [0.4, 0.5) is 5.69 Å². The minimum Gasteiger partial charge on any atom is -0.494 e. The van der Waals surface area contributed by atoms with E-state index < -0.39 is 0 Å². The lowest BCUT2D eigenvalue weighted by Gasteiger charge is -2.30. The highest BCUT2D eigenvalue weighted by Crippen LogP contribution is 2.36. The summed E-state index contributed by atoms with van der Waals surface area (Å²) in [6, 6.07) is 7.85. The molecular weight excluding hydrogens is 346 g/mol. The Balaban J connectivity index is 1.75. The number of likely N-dealkylation sites (tertiary alicyclic amines) is 1. The van der Waals surface area contributed by atoms with E-state index >= 15 is 0 Å². The van der Waals surface area contributed by atoms with E-state index in [1.54, 1.807) is 0 Å². The number of carbonyl (C=O) groups excluding carboxylic acids is 1. The molecule has 1 atom stereocenters. The Kier molecular flexibility index (Phi) is 4.44. The van der Waals surface area contributed by atoms with Crippen molar-refractivity contribution >= 4 is 44.1 Å². The highest BCUT2D eigenvalue weighted by Gasteiger charge is 2.26. The zero-order valence-corrected chi connectivity index (χ0v) is 15.9. The Bertz CT molecular complexity index is 982. The topological polar surface area (TPSA) is 68.5 Å². The average Bonchev–Trinajstić information content (AvgIpc) is 2.95. The van der Waals surface area contributed by atoms with Gasteiger partial charge in [0.15, 0.2) is 0 Å². The highest BCUT2D eigenvalue weighted by molar-refractivity contribution is 7.21. The molecule has 0 radical (unpaired) electrons. The molecule has 1 saturated heterocycles. The number of pyridine rings is 1. The van der Waals surface area contributed by atoms with Gasteiger partial charge in [0.2, 0.25) is 0 Å². The smallest absolute Gasteiger partial charge is 0.266 e. The van der Waals surface area contributed by atoms with Gasteiger partial charge in [0.05, 0.1) is 17.8 Å². The van der Waals surface area contributed by atoms with E-state index in [9.17, 15) is 4.79 Å². The maximum absolute atomic E-state index is 13.0. The van der Waals surface area contributed by atoms with Gasteiger partial charge in [-0.2, -0.15) is 0 Å². The average molecular weight is 369 g/mol. The molecule has 5 nitrogen and oxygen atoms in total. The van der Waals surface area contributed by atoms with Gasteiger partial charge in [-0.3, -0.25) is 4.79 Å². The Hall–Kier alpha value is -2.34. The van der Waals surface area contributed by atoms with Crippen LogP contribution in [0.3, 0.4) is 0 Å². The second kappa shape index (κ2) is 6.76. The van der Waals surface area contributed by atoms with E-state index in [0.717, 1.165) is 46.4 Å². The van der Waals surface area contributed by atoms with Crippen molar-refractivity contribution in [1.82, 2.24) is 9.88 Å². The SMILES string of the molecule is CCOc1ccc2nc3sc(C(=O)N4CCC[C@@H](C)C4)c(N)c3cc2c1. The number of nitrogens with two attached hydrogens (primary N) is 1. The molecule has 26 heavy (non-hydrogen) atoms. The molecule has 3 heterocycles. The number of benzene rings is 1. The van der Waals surface area contributed by atoms with Crippen molar-refractivity contribution in [3.8, 4) is 5.75 Å². The molecule has 1 aliphatic heterocycles. The van der Waals surface area contributed by atoms with Gasteiger partial charge in [-0.25, -0.2) is 4.98 Å². The fraction of sp³-hybridized carbons (Fsp3) is 0.400. The van der Waals surface area contributed by atoms with Crippen LogP contribution in [0.2, 0.25) is 0 Å². The molecule has 0 bridgehead atoms. The van der Waals surface area contributed by atoms with Crippen molar-refractivity contribution in [2.75, 3.05) is 25.4 Å². The molecule has 2 aromatic heterocycles. The first-order valence-electron chi connectivity index (χ1n) is 9.11. The minimum absolute atomic E-state index is 0.0381. The molecule has 1 aliphatic rings. The minimum atomic E-state index is 0.0381. The zero-order valence-electron chi connectivity index (χ0n) is 15.1. The monoisotopic (exact) mass is 369 g/mol. The van der Waals surface area contributed by atoms with Crippen LogP contribution in [-0.2, 0) is 0 Å². The molecular formula is C20H23N3O2S. The summed E-state index contributed by atoms with van der Waals surface area (Å²) in [5.41, 5.74) is 7.79. The summed E-state index contributed by atoms with van der Waals surface area (Å²) in [5.74, 6) is 1.39. The van der Waals surface area contributed by atoms with Crippen LogP contribution in [0, 0.1) is 5.92 Å². The third kappa shape index (κ3) is 2.98. The van der Waals surface area contributed by atoms with Crippen molar-refractivity contribution in [3.63, 3.8) is 0 Å². The standard InChI is InChI=1S/C20H23N3O2S/c1-3-25-14-6-7-16-13(9-14)10-15-17(21)18(26-19(15)22-16)20(24)23-8-4-5-12(2)11-23/h6-7,9-10,12H,3-5,8,11,21H2,1-2H3/t12-/m1/s1. The largest absolute Gasteiger partial charge is 0.494 e. The molecule has 3 aromatic rings. The summed E-state index contributed by atoms with van der Waals surface area (Å²) < 4.78 is 5.57. The number of hydrogen-bond donors (Lipinski definition) is 1. The zero-order chi connectivity index (χ0) is 18.3. The number of piperidine rings is 1. The number of aromatic nitrogens is 1. The Morgan fingerprint density at radius 3 is 3.04 bits per heavy atom. The number of ether oxygens (including phenoxy) is 1. The van der Waals surface area contributed by atoms with Gasteiger partial charge in [0.25, 0.3) is 5.91 Å². The van der Waals surface area contributed by atoms with Crippen LogP contribution in [-0.4, -0.2) is 35.5 Å². The molecule has 6 heteroatoms. The van der Waals surface area contributed by atoms with Crippen LogP contribution >= 0.6 is 11.3 Å². The number of rotatable bonds is 3. The fourth-order valence-electron chi connectivity index (χ4n) is 3.61. The van der Waals surface area contributed by atoms with E-state index in [-0.39, 0.29) is 5.91 Å². The third-order valence-electron chi connectivity index (χ3n) is 4.93.